The van der Waals surface area contributed by atoms with Crippen LogP contribution < -0.4 is 14.9 Å². The van der Waals surface area contributed by atoms with Gasteiger partial charge in [-0.3, -0.25) is 4.79 Å². The molecule has 8 nitrogen and oxygen atoms in total. The minimum atomic E-state index is -0.460. The summed E-state index contributed by atoms with van der Waals surface area (Å²) in [5, 5.41) is 4.91. The van der Waals surface area contributed by atoms with Gasteiger partial charge < -0.3 is 14.2 Å². The van der Waals surface area contributed by atoms with Crippen molar-refractivity contribution >= 4 is 51.6 Å². The number of halogens is 1. The van der Waals surface area contributed by atoms with E-state index in [0.717, 1.165) is 20.0 Å². The average molecular weight is 623 g/mol. The predicted octanol–water partition coefficient (Wildman–Crippen LogP) is 5.61. The number of pyridine rings is 1. The van der Waals surface area contributed by atoms with Gasteiger partial charge in [0.05, 0.1) is 39.8 Å². The molecular formula is C29H26IN3O5. The van der Waals surface area contributed by atoms with Crippen LogP contribution >= 0.6 is 22.6 Å². The van der Waals surface area contributed by atoms with Crippen LogP contribution in [0.2, 0.25) is 0 Å². The maximum atomic E-state index is 13.2. The Morgan fingerprint density at radius 2 is 1.74 bits per heavy atom. The van der Waals surface area contributed by atoms with E-state index in [1.54, 1.807) is 19.1 Å². The highest BCUT2D eigenvalue weighted by molar-refractivity contribution is 14.1. The molecule has 0 unspecified atom stereocenters. The van der Waals surface area contributed by atoms with E-state index in [1.807, 2.05) is 67.6 Å². The monoisotopic (exact) mass is 623 g/mol. The third-order valence-electron chi connectivity index (χ3n) is 5.38. The van der Waals surface area contributed by atoms with Gasteiger partial charge in [-0.05, 0) is 66.3 Å². The molecule has 0 saturated carbocycles. The van der Waals surface area contributed by atoms with Gasteiger partial charge in [-0.2, -0.15) is 5.10 Å². The summed E-state index contributed by atoms with van der Waals surface area (Å²) in [5.74, 6) is 0.0896. The Bertz CT molecular complexity index is 1470. The van der Waals surface area contributed by atoms with Gasteiger partial charge in [0, 0.05) is 10.9 Å². The van der Waals surface area contributed by atoms with E-state index in [0.29, 0.717) is 34.9 Å². The highest BCUT2D eigenvalue weighted by Gasteiger charge is 2.15. The lowest BCUT2D eigenvalue weighted by Crippen LogP contribution is -2.18. The quantitative estimate of drug-likeness (QED) is 0.107. The van der Waals surface area contributed by atoms with Gasteiger partial charge in [-0.15, -0.1) is 0 Å². The molecule has 4 aromatic rings. The molecule has 0 aliphatic rings. The van der Waals surface area contributed by atoms with E-state index in [9.17, 15) is 9.59 Å². The lowest BCUT2D eigenvalue weighted by atomic mass is 10.0. The lowest BCUT2D eigenvalue weighted by molar-refractivity contribution is -0.145. The minimum Gasteiger partial charge on any atom is -0.490 e. The van der Waals surface area contributed by atoms with Crippen LogP contribution in [0.25, 0.3) is 22.2 Å². The van der Waals surface area contributed by atoms with Gasteiger partial charge in [-0.1, -0.05) is 48.5 Å². The molecular weight excluding hydrogens is 597 g/mol. The lowest BCUT2D eigenvalue weighted by Gasteiger charge is -2.14. The van der Waals surface area contributed by atoms with E-state index < -0.39 is 5.97 Å². The molecule has 0 aliphatic heterocycles. The normalized spacial score (nSPS) is 10.9. The third-order valence-corrected chi connectivity index (χ3v) is 6.18. The number of rotatable bonds is 10. The zero-order chi connectivity index (χ0) is 26.9. The molecule has 1 N–H and O–H groups in total. The minimum absolute atomic E-state index is 0.224. The van der Waals surface area contributed by atoms with Crippen molar-refractivity contribution in [2.24, 2.45) is 5.10 Å². The molecule has 194 valence electrons. The van der Waals surface area contributed by atoms with Crippen molar-refractivity contribution in [2.75, 3.05) is 19.8 Å². The van der Waals surface area contributed by atoms with Crippen LogP contribution in [-0.4, -0.2) is 42.9 Å². The molecule has 1 aromatic heterocycles. The Balaban J connectivity index is 1.56. The standard InChI is InChI=1S/C29H26IN3O5/c1-3-36-26-15-19(14-23(30)28(26)38-18-27(34)37-4-2)17-31-33-29(35)22-16-25(20-10-6-5-7-11-20)32-24-13-9-8-12-21(22)24/h5-17H,3-4,18H2,1-2H3,(H,33,35)/b31-17+. The number of carbonyl (C=O) groups is 2. The first-order valence-corrected chi connectivity index (χ1v) is 13.1. The maximum Gasteiger partial charge on any atom is 0.344 e. The summed E-state index contributed by atoms with van der Waals surface area (Å²) < 4.78 is 17.0. The number of para-hydroxylation sites is 1. The first-order valence-electron chi connectivity index (χ1n) is 12.0. The number of amides is 1. The number of ether oxygens (including phenoxy) is 3. The van der Waals surface area contributed by atoms with E-state index >= 15 is 0 Å². The number of esters is 1. The van der Waals surface area contributed by atoms with E-state index in [2.05, 4.69) is 33.1 Å². The first kappa shape index (κ1) is 27.1. The molecule has 0 fully saturated rings. The number of nitrogens with one attached hydrogen (secondary N) is 1. The fourth-order valence-corrected chi connectivity index (χ4v) is 4.53. The van der Waals surface area contributed by atoms with Gasteiger partial charge in [-0.25, -0.2) is 15.2 Å². The molecule has 0 bridgehead atoms. The highest BCUT2D eigenvalue weighted by atomic mass is 127. The molecule has 1 heterocycles. The van der Waals surface area contributed by atoms with Crippen molar-refractivity contribution in [3.05, 3.63) is 87.5 Å². The van der Waals surface area contributed by atoms with E-state index in [1.165, 1.54) is 6.21 Å². The van der Waals surface area contributed by atoms with Crippen LogP contribution in [0.4, 0.5) is 0 Å². The Hall–Kier alpha value is -3.99. The van der Waals surface area contributed by atoms with Gasteiger partial charge >= 0.3 is 5.97 Å². The largest absolute Gasteiger partial charge is 0.490 e. The molecule has 0 spiro atoms. The summed E-state index contributed by atoms with van der Waals surface area (Å²) >= 11 is 2.10. The third kappa shape index (κ3) is 6.65. The molecule has 4 rings (SSSR count). The number of aromatic nitrogens is 1. The summed E-state index contributed by atoms with van der Waals surface area (Å²) in [6, 6.07) is 22.5. The number of hydrogen-bond acceptors (Lipinski definition) is 7. The highest BCUT2D eigenvalue weighted by Crippen LogP contribution is 2.34. The maximum absolute atomic E-state index is 13.2. The van der Waals surface area contributed by atoms with Crippen LogP contribution in [-0.2, 0) is 9.53 Å². The van der Waals surface area contributed by atoms with Crippen molar-refractivity contribution in [3.63, 3.8) is 0 Å². The SMILES string of the molecule is CCOC(=O)COc1c(I)cc(/C=N/NC(=O)c2cc(-c3ccccc3)nc3ccccc23)cc1OCC. The number of benzene rings is 3. The number of hydrogen-bond donors (Lipinski definition) is 1. The molecule has 0 radical (unpaired) electrons. The Kier molecular flexibility index (Phi) is 9.26. The van der Waals surface area contributed by atoms with Crippen molar-refractivity contribution < 1.29 is 23.8 Å². The van der Waals surface area contributed by atoms with Gasteiger partial charge in [0.25, 0.3) is 5.91 Å². The number of carbonyl (C=O) groups excluding carboxylic acids is 2. The fraction of sp³-hybridized carbons (Fsp3) is 0.172. The smallest absolute Gasteiger partial charge is 0.344 e. The zero-order valence-corrected chi connectivity index (χ0v) is 23.1. The Morgan fingerprint density at radius 1 is 0.974 bits per heavy atom. The van der Waals surface area contributed by atoms with Crippen LogP contribution in [0.3, 0.4) is 0 Å². The topological polar surface area (TPSA) is 99.1 Å². The second kappa shape index (κ2) is 13.0. The summed E-state index contributed by atoms with van der Waals surface area (Å²) in [5.41, 5.74) is 6.12. The van der Waals surface area contributed by atoms with Gasteiger partial charge in [0.1, 0.15) is 0 Å². The summed E-state index contributed by atoms with van der Waals surface area (Å²) in [7, 11) is 0. The summed E-state index contributed by atoms with van der Waals surface area (Å²) in [4.78, 5) is 29.6. The van der Waals surface area contributed by atoms with Crippen LogP contribution in [0.5, 0.6) is 11.5 Å². The molecule has 1 amide bonds. The van der Waals surface area contributed by atoms with E-state index in [-0.39, 0.29) is 19.1 Å². The Labute approximate surface area is 234 Å². The second-order valence-electron chi connectivity index (χ2n) is 7.99. The number of fused-ring (bicyclic) bond motifs is 1. The van der Waals surface area contributed by atoms with Crippen LogP contribution in [0.1, 0.15) is 29.8 Å². The Morgan fingerprint density at radius 3 is 2.50 bits per heavy atom. The van der Waals surface area contributed by atoms with Gasteiger partial charge in [0.2, 0.25) is 0 Å². The molecule has 3 aromatic carbocycles. The predicted molar refractivity (Wildman–Crippen MR) is 155 cm³/mol. The van der Waals surface area contributed by atoms with Crippen LogP contribution in [0.15, 0.2) is 77.9 Å². The van der Waals surface area contributed by atoms with Gasteiger partial charge in [0.15, 0.2) is 18.1 Å². The van der Waals surface area contributed by atoms with Crippen molar-refractivity contribution in [2.45, 2.75) is 13.8 Å². The van der Waals surface area contributed by atoms with Crippen LogP contribution in [0, 0.1) is 3.57 Å². The molecule has 0 atom stereocenters. The summed E-state index contributed by atoms with van der Waals surface area (Å²) in [6.07, 6.45) is 1.53. The average Bonchev–Trinajstić information content (AvgIpc) is 2.92. The molecule has 38 heavy (non-hydrogen) atoms. The van der Waals surface area contributed by atoms with Crippen molar-refractivity contribution in [1.29, 1.82) is 0 Å². The summed E-state index contributed by atoms with van der Waals surface area (Å²) in [6.45, 7) is 4.05. The zero-order valence-electron chi connectivity index (χ0n) is 20.9. The van der Waals surface area contributed by atoms with E-state index in [4.69, 9.17) is 19.2 Å². The molecule has 9 heteroatoms. The molecule has 0 aliphatic carbocycles. The second-order valence-corrected chi connectivity index (χ2v) is 9.16. The molecule has 0 saturated heterocycles. The fourth-order valence-electron chi connectivity index (χ4n) is 3.74. The van der Waals surface area contributed by atoms with Crippen molar-refractivity contribution in [3.8, 4) is 22.8 Å². The number of hydrazone groups is 1. The number of nitrogens with zero attached hydrogens (tertiary/aromatic N) is 2. The first-order chi connectivity index (χ1) is 18.5. The van der Waals surface area contributed by atoms with Crippen molar-refractivity contribution in [1.82, 2.24) is 10.4 Å².